The molecule has 1 aromatic heterocycles. The van der Waals surface area contributed by atoms with Gasteiger partial charge in [-0.15, -0.1) is 0 Å². The van der Waals surface area contributed by atoms with Crippen molar-refractivity contribution < 1.29 is 9.47 Å². The Bertz CT molecular complexity index is 927. The van der Waals surface area contributed by atoms with E-state index in [1.54, 1.807) is 14.2 Å². The molecule has 0 bridgehead atoms. The van der Waals surface area contributed by atoms with Gasteiger partial charge in [-0.25, -0.2) is 9.97 Å². The van der Waals surface area contributed by atoms with E-state index in [9.17, 15) is 0 Å². The minimum Gasteiger partial charge on any atom is -0.493 e. The Morgan fingerprint density at radius 1 is 0.917 bits per heavy atom. The molecule has 0 amide bonds. The number of aromatic nitrogens is 2. The van der Waals surface area contributed by atoms with E-state index in [2.05, 4.69) is 15.3 Å². The highest BCUT2D eigenvalue weighted by Crippen LogP contribution is 2.31. The quantitative estimate of drug-likeness (QED) is 0.580. The highest BCUT2D eigenvalue weighted by molar-refractivity contribution is 7.80. The Balaban J connectivity index is 2.09. The van der Waals surface area contributed by atoms with Gasteiger partial charge in [-0.05, 0) is 30.4 Å². The lowest BCUT2D eigenvalue weighted by Crippen LogP contribution is -2.26. The normalized spacial score (nSPS) is 10.7. The fourth-order valence-corrected chi connectivity index (χ4v) is 2.43. The molecule has 3 aromatic rings. The summed E-state index contributed by atoms with van der Waals surface area (Å²) in [7, 11) is 6.98. The maximum absolute atomic E-state index is 5.33. The first-order valence-corrected chi connectivity index (χ1v) is 7.74. The predicted octanol–water partition coefficient (Wildman–Crippen LogP) is 3.06. The van der Waals surface area contributed by atoms with Crippen LogP contribution in [0.2, 0.25) is 0 Å². The number of fused-ring (bicyclic) bond motifs is 2. The zero-order chi connectivity index (χ0) is 17.3. The van der Waals surface area contributed by atoms with Gasteiger partial charge in [-0.2, -0.15) is 0 Å². The second-order valence-electron chi connectivity index (χ2n) is 5.45. The molecule has 1 N–H and O–H groups in total. The largest absolute Gasteiger partial charge is 0.493 e. The minimum atomic E-state index is 0.627. The molecule has 0 saturated heterocycles. The monoisotopic (exact) mass is 342 g/mol. The lowest BCUT2D eigenvalue weighted by molar-refractivity contribution is 0.355. The van der Waals surface area contributed by atoms with Crippen LogP contribution in [0.1, 0.15) is 0 Å². The van der Waals surface area contributed by atoms with Crippen molar-refractivity contribution in [2.45, 2.75) is 0 Å². The number of hydrogen-bond acceptors (Lipinski definition) is 5. The van der Waals surface area contributed by atoms with Crippen LogP contribution < -0.4 is 14.8 Å². The van der Waals surface area contributed by atoms with Crippen LogP contribution in [-0.2, 0) is 0 Å². The number of ether oxygens (including phenoxy) is 2. The molecule has 0 spiro atoms. The molecule has 7 heteroatoms. The number of thiocarbonyl (C=S) groups is 1. The van der Waals surface area contributed by atoms with Gasteiger partial charge in [0.25, 0.3) is 0 Å². The third-order valence-electron chi connectivity index (χ3n) is 3.60. The number of benzene rings is 2. The number of rotatable bonds is 3. The summed E-state index contributed by atoms with van der Waals surface area (Å²) in [6.07, 6.45) is 0. The molecule has 0 aliphatic rings. The van der Waals surface area contributed by atoms with Gasteiger partial charge < -0.3 is 19.7 Å². The van der Waals surface area contributed by atoms with Crippen LogP contribution in [0.25, 0.3) is 22.1 Å². The van der Waals surface area contributed by atoms with E-state index < -0.39 is 0 Å². The van der Waals surface area contributed by atoms with Crippen molar-refractivity contribution in [3.05, 3.63) is 30.3 Å². The zero-order valence-corrected chi connectivity index (χ0v) is 14.8. The van der Waals surface area contributed by atoms with Gasteiger partial charge >= 0.3 is 0 Å². The lowest BCUT2D eigenvalue weighted by Gasteiger charge is -2.15. The van der Waals surface area contributed by atoms with E-state index in [1.165, 1.54) is 0 Å². The molecule has 0 unspecified atom stereocenters. The topological polar surface area (TPSA) is 59.5 Å². The minimum absolute atomic E-state index is 0.627. The van der Waals surface area contributed by atoms with Crippen LogP contribution in [0.4, 0.5) is 5.69 Å². The standard InChI is InChI=1S/C17H18N4O2S/c1-21(2)17(24)18-10-5-6-11-12(7-10)20-14-9-16(23-4)15(22-3)8-13(14)19-11/h5-9H,1-4H3,(H,18,24). The molecule has 6 nitrogen and oxygen atoms in total. The first-order chi connectivity index (χ1) is 11.5. The molecule has 0 fully saturated rings. The van der Waals surface area contributed by atoms with Crippen molar-refractivity contribution in [2.24, 2.45) is 0 Å². The van der Waals surface area contributed by atoms with Crippen LogP contribution in [0.5, 0.6) is 11.5 Å². The molecule has 24 heavy (non-hydrogen) atoms. The summed E-state index contributed by atoms with van der Waals surface area (Å²) in [6.45, 7) is 0. The summed E-state index contributed by atoms with van der Waals surface area (Å²) >= 11 is 5.27. The first kappa shape index (κ1) is 16.2. The zero-order valence-electron chi connectivity index (χ0n) is 14.0. The van der Waals surface area contributed by atoms with Crippen molar-refractivity contribution in [2.75, 3.05) is 33.6 Å². The number of nitrogens with one attached hydrogen (secondary N) is 1. The van der Waals surface area contributed by atoms with Gasteiger partial charge in [0.1, 0.15) is 0 Å². The molecule has 2 aromatic carbocycles. The summed E-state index contributed by atoms with van der Waals surface area (Å²) in [5.74, 6) is 1.26. The highest BCUT2D eigenvalue weighted by atomic mass is 32.1. The van der Waals surface area contributed by atoms with Gasteiger partial charge in [-0.1, -0.05) is 0 Å². The summed E-state index contributed by atoms with van der Waals surface area (Å²) < 4.78 is 10.7. The molecule has 0 aliphatic carbocycles. The second-order valence-corrected chi connectivity index (χ2v) is 5.83. The van der Waals surface area contributed by atoms with E-state index in [4.69, 9.17) is 21.7 Å². The fraction of sp³-hybridized carbons (Fsp3) is 0.235. The van der Waals surface area contributed by atoms with Crippen molar-refractivity contribution in [3.63, 3.8) is 0 Å². The lowest BCUT2D eigenvalue weighted by atomic mass is 10.2. The van der Waals surface area contributed by atoms with E-state index in [1.807, 2.05) is 49.3 Å². The molecular weight excluding hydrogens is 324 g/mol. The molecule has 0 radical (unpaired) electrons. The molecule has 3 rings (SSSR count). The van der Waals surface area contributed by atoms with Crippen LogP contribution in [0.3, 0.4) is 0 Å². The van der Waals surface area contributed by atoms with E-state index >= 15 is 0 Å². The van der Waals surface area contributed by atoms with Gasteiger partial charge in [0, 0.05) is 31.9 Å². The summed E-state index contributed by atoms with van der Waals surface area (Å²) in [5.41, 5.74) is 3.95. The smallest absolute Gasteiger partial charge is 0.172 e. The van der Waals surface area contributed by atoms with E-state index in [0.29, 0.717) is 16.6 Å². The van der Waals surface area contributed by atoms with Crippen LogP contribution in [0.15, 0.2) is 30.3 Å². The summed E-state index contributed by atoms with van der Waals surface area (Å²) in [5, 5.41) is 3.80. The number of nitrogens with zero attached hydrogens (tertiary/aromatic N) is 3. The van der Waals surface area contributed by atoms with Crippen molar-refractivity contribution in [1.82, 2.24) is 14.9 Å². The molecule has 0 atom stereocenters. The van der Waals surface area contributed by atoms with E-state index in [0.717, 1.165) is 27.8 Å². The second kappa shape index (κ2) is 6.45. The van der Waals surface area contributed by atoms with Crippen LogP contribution >= 0.6 is 12.2 Å². The maximum atomic E-state index is 5.33. The van der Waals surface area contributed by atoms with Crippen LogP contribution in [0, 0.1) is 0 Å². The fourth-order valence-electron chi connectivity index (χ4n) is 2.32. The van der Waals surface area contributed by atoms with Gasteiger partial charge in [0.05, 0.1) is 36.3 Å². The van der Waals surface area contributed by atoms with Gasteiger partial charge in [0.15, 0.2) is 16.6 Å². The number of methoxy groups -OCH3 is 2. The van der Waals surface area contributed by atoms with Crippen molar-refractivity contribution in [3.8, 4) is 11.5 Å². The average molecular weight is 342 g/mol. The molecule has 1 heterocycles. The third kappa shape index (κ3) is 3.03. The van der Waals surface area contributed by atoms with Gasteiger partial charge in [0.2, 0.25) is 0 Å². The number of anilines is 1. The Kier molecular flexibility index (Phi) is 4.35. The summed E-state index contributed by atoms with van der Waals surface area (Å²) in [6, 6.07) is 9.42. The molecular formula is C17H18N4O2S. The Morgan fingerprint density at radius 3 is 2.00 bits per heavy atom. The Labute approximate surface area is 145 Å². The van der Waals surface area contributed by atoms with Crippen LogP contribution in [-0.4, -0.2) is 48.3 Å². The van der Waals surface area contributed by atoms with Crippen molar-refractivity contribution >= 4 is 45.1 Å². The predicted molar refractivity (Wildman–Crippen MR) is 100 cm³/mol. The number of hydrogen-bond donors (Lipinski definition) is 1. The Morgan fingerprint density at radius 2 is 1.46 bits per heavy atom. The van der Waals surface area contributed by atoms with Gasteiger partial charge in [-0.3, -0.25) is 0 Å². The summed E-state index contributed by atoms with van der Waals surface area (Å²) in [4.78, 5) is 11.2. The maximum Gasteiger partial charge on any atom is 0.172 e. The first-order valence-electron chi connectivity index (χ1n) is 7.33. The molecule has 0 saturated carbocycles. The SMILES string of the molecule is COc1cc2nc3ccc(NC(=S)N(C)C)cc3nc2cc1OC. The Hall–Kier alpha value is -2.67. The molecule has 0 aliphatic heterocycles. The van der Waals surface area contributed by atoms with E-state index in [-0.39, 0.29) is 0 Å². The van der Waals surface area contributed by atoms with Crippen molar-refractivity contribution in [1.29, 1.82) is 0 Å². The molecule has 124 valence electrons. The highest BCUT2D eigenvalue weighted by Gasteiger charge is 2.10. The average Bonchev–Trinajstić information content (AvgIpc) is 2.58. The third-order valence-corrected chi connectivity index (χ3v) is 4.06.